The molecule has 0 radical (unpaired) electrons. The Morgan fingerprint density at radius 1 is 1.53 bits per heavy atom. The van der Waals surface area contributed by atoms with Gasteiger partial charge >= 0.3 is 0 Å². The molecule has 0 bridgehead atoms. The van der Waals surface area contributed by atoms with Crippen molar-refractivity contribution < 1.29 is 9.84 Å². The molecule has 0 aliphatic heterocycles. The fourth-order valence-electron chi connectivity index (χ4n) is 1.33. The van der Waals surface area contributed by atoms with Crippen LogP contribution in [-0.4, -0.2) is 11.7 Å². The van der Waals surface area contributed by atoms with E-state index < -0.39 is 6.10 Å². The maximum absolute atomic E-state index is 9.14. The molecule has 0 heterocycles. The van der Waals surface area contributed by atoms with Gasteiger partial charge in [-0.15, -0.1) is 13.0 Å². The molecule has 0 aliphatic rings. The average molecular weight is 202 g/mol. The van der Waals surface area contributed by atoms with E-state index in [2.05, 4.69) is 12.5 Å². The van der Waals surface area contributed by atoms with Crippen molar-refractivity contribution in [2.75, 3.05) is 6.61 Å². The first kappa shape index (κ1) is 11.5. The van der Waals surface area contributed by atoms with E-state index in [1.54, 1.807) is 6.08 Å². The van der Waals surface area contributed by atoms with E-state index in [0.29, 0.717) is 6.61 Å². The van der Waals surface area contributed by atoms with Crippen LogP contribution in [0.2, 0.25) is 0 Å². The Morgan fingerprint density at radius 2 is 2.27 bits per heavy atom. The zero-order valence-electron chi connectivity index (χ0n) is 8.52. The lowest BCUT2D eigenvalue weighted by atomic mass is 10.0. The van der Waals surface area contributed by atoms with E-state index in [4.69, 9.17) is 16.3 Å². The highest BCUT2D eigenvalue weighted by molar-refractivity contribution is 5.32. The van der Waals surface area contributed by atoms with E-state index in [9.17, 15) is 0 Å². The lowest BCUT2D eigenvalue weighted by molar-refractivity contribution is 0.115. The van der Waals surface area contributed by atoms with Gasteiger partial charge in [0.15, 0.2) is 0 Å². The van der Waals surface area contributed by atoms with Gasteiger partial charge in [0.25, 0.3) is 0 Å². The third-order valence-corrected chi connectivity index (χ3v) is 2.04. The first-order valence-corrected chi connectivity index (χ1v) is 4.70. The van der Waals surface area contributed by atoms with Crippen molar-refractivity contribution in [1.29, 1.82) is 0 Å². The third-order valence-electron chi connectivity index (χ3n) is 2.04. The molecule has 2 nitrogen and oxygen atoms in total. The highest BCUT2D eigenvalue weighted by atomic mass is 16.5. The van der Waals surface area contributed by atoms with Gasteiger partial charge in [0.1, 0.15) is 6.10 Å². The molecule has 0 aromatic heterocycles. The summed E-state index contributed by atoms with van der Waals surface area (Å²) in [7, 11) is 0. The molecule has 0 fully saturated rings. The van der Waals surface area contributed by atoms with Crippen LogP contribution in [0.25, 0.3) is 0 Å². The molecule has 0 saturated carbocycles. The van der Waals surface area contributed by atoms with Crippen molar-refractivity contribution in [3.63, 3.8) is 0 Å². The quantitative estimate of drug-likeness (QED) is 0.585. The second-order valence-electron chi connectivity index (χ2n) is 3.03. The van der Waals surface area contributed by atoms with Gasteiger partial charge < -0.3 is 9.84 Å². The molecule has 0 amide bonds. The fraction of sp³-hybridized carbons (Fsp3) is 0.231. The van der Waals surface area contributed by atoms with Gasteiger partial charge in [0.05, 0.1) is 13.2 Å². The highest BCUT2D eigenvalue weighted by Gasteiger charge is 2.11. The van der Waals surface area contributed by atoms with Gasteiger partial charge in [0.2, 0.25) is 0 Å². The molecule has 1 aromatic rings. The van der Waals surface area contributed by atoms with Gasteiger partial charge in [-0.25, -0.2) is 0 Å². The third kappa shape index (κ3) is 2.95. The number of ether oxygens (including phenoxy) is 1. The first-order valence-electron chi connectivity index (χ1n) is 4.70. The molecule has 0 aliphatic carbocycles. The number of rotatable bonds is 5. The monoisotopic (exact) mass is 202 g/mol. The van der Waals surface area contributed by atoms with Gasteiger partial charge in [-0.3, -0.25) is 0 Å². The average Bonchev–Trinajstić information content (AvgIpc) is 2.30. The number of aliphatic hydroxyl groups is 1. The molecule has 78 valence electrons. The standard InChI is InChI=1S/C13H14O2/c1-3-9-15-13(4-2)12-8-6-5-7-11(12)10-14/h2-3,5-8,13-14H,1,9-10H2. The van der Waals surface area contributed by atoms with Crippen LogP contribution >= 0.6 is 0 Å². The smallest absolute Gasteiger partial charge is 0.143 e. The number of hydrogen-bond acceptors (Lipinski definition) is 2. The van der Waals surface area contributed by atoms with Crippen LogP contribution in [0, 0.1) is 12.3 Å². The number of terminal acetylenes is 1. The van der Waals surface area contributed by atoms with Crippen molar-refractivity contribution in [2.45, 2.75) is 12.7 Å². The SMILES string of the molecule is C#CC(OCC=C)c1ccccc1CO. The Morgan fingerprint density at radius 3 is 2.87 bits per heavy atom. The summed E-state index contributed by atoms with van der Waals surface area (Å²) in [4.78, 5) is 0. The van der Waals surface area contributed by atoms with Crippen LogP contribution in [0.3, 0.4) is 0 Å². The predicted octanol–water partition coefficient (Wildman–Crippen LogP) is 2.06. The molecule has 1 atom stereocenters. The van der Waals surface area contributed by atoms with Crippen LogP contribution in [-0.2, 0) is 11.3 Å². The normalized spacial score (nSPS) is 11.7. The fourth-order valence-corrected chi connectivity index (χ4v) is 1.33. The topological polar surface area (TPSA) is 29.5 Å². The van der Waals surface area contributed by atoms with Gasteiger partial charge in [-0.1, -0.05) is 36.3 Å². The zero-order chi connectivity index (χ0) is 11.1. The summed E-state index contributed by atoms with van der Waals surface area (Å²) >= 11 is 0. The van der Waals surface area contributed by atoms with E-state index >= 15 is 0 Å². The molecule has 15 heavy (non-hydrogen) atoms. The van der Waals surface area contributed by atoms with Crippen molar-refractivity contribution in [3.05, 3.63) is 48.0 Å². The second-order valence-corrected chi connectivity index (χ2v) is 3.03. The minimum Gasteiger partial charge on any atom is -0.392 e. The van der Waals surface area contributed by atoms with Crippen molar-refractivity contribution in [2.24, 2.45) is 0 Å². The molecule has 0 saturated heterocycles. The largest absolute Gasteiger partial charge is 0.392 e. The molecular formula is C13H14O2. The maximum atomic E-state index is 9.14. The number of hydrogen-bond donors (Lipinski definition) is 1. The van der Waals surface area contributed by atoms with Crippen LogP contribution in [0.5, 0.6) is 0 Å². The van der Waals surface area contributed by atoms with Crippen molar-refractivity contribution >= 4 is 0 Å². The summed E-state index contributed by atoms with van der Waals surface area (Å²) in [6, 6.07) is 7.42. The number of aliphatic hydroxyl groups excluding tert-OH is 1. The van der Waals surface area contributed by atoms with E-state index in [0.717, 1.165) is 11.1 Å². The Hall–Kier alpha value is -1.56. The van der Waals surface area contributed by atoms with E-state index in [1.807, 2.05) is 24.3 Å². The Kier molecular flexibility index (Phi) is 4.62. The van der Waals surface area contributed by atoms with E-state index in [1.165, 1.54) is 0 Å². The van der Waals surface area contributed by atoms with Crippen LogP contribution in [0.1, 0.15) is 17.2 Å². The Labute approximate surface area is 90.2 Å². The van der Waals surface area contributed by atoms with Gasteiger partial charge in [-0.05, 0) is 11.1 Å². The summed E-state index contributed by atoms with van der Waals surface area (Å²) in [5.74, 6) is 2.55. The van der Waals surface area contributed by atoms with Crippen LogP contribution in [0.15, 0.2) is 36.9 Å². The van der Waals surface area contributed by atoms with Gasteiger partial charge in [0, 0.05) is 0 Å². The molecule has 0 spiro atoms. The van der Waals surface area contributed by atoms with Gasteiger partial charge in [-0.2, -0.15) is 0 Å². The van der Waals surface area contributed by atoms with Crippen LogP contribution < -0.4 is 0 Å². The highest BCUT2D eigenvalue weighted by Crippen LogP contribution is 2.20. The molecule has 1 rings (SSSR count). The van der Waals surface area contributed by atoms with E-state index in [-0.39, 0.29) is 6.61 Å². The minimum atomic E-state index is -0.425. The Balaban J connectivity index is 2.91. The summed E-state index contributed by atoms with van der Waals surface area (Å²) in [5, 5.41) is 9.14. The van der Waals surface area contributed by atoms with Crippen molar-refractivity contribution in [3.8, 4) is 12.3 Å². The lowest BCUT2D eigenvalue weighted by Gasteiger charge is -2.14. The Bertz CT molecular complexity index is 363. The molecule has 1 aromatic carbocycles. The summed E-state index contributed by atoms with van der Waals surface area (Å²) in [5.41, 5.74) is 1.63. The van der Waals surface area contributed by atoms with Crippen LogP contribution in [0.4, 0.5) is 0 Å². The summed E-state index contributed by atoms with van der Waals surface area (Å²) in [6.07, 6.45) is 6.60. The maximum Gasteiger partial charge on any atom is 0.143 e. The molecular weight excluding hydrogens is 188 g/mol. The first-order chi connectivity index (χ1) is 7.33. The van der Waals surface area contributed by atoms with Crippen molar-refractivity contribution in [1.82, 2.24) is 0 Å². The summed E-state index contributed by atoms with van der Waals surface area (Å²) < 4.78 is 5.40. The summed E-state index contributed by atoms with van der Waals surface area (Å²) in [6.45, 7) is 3.92. The zero-order valence-corrected chi connectivity index (χ0v) is 8.52. The second kappa shape index (κ2) is 6.02. The molecule has 2 heteroatoms. The lowest BCUT2D eigenvalue weighted by Crippen LogP contribution is -2.05. The minimum absolute atomic E-state index is 0.0359. The predicted molar refractivity (Wildman–Crippen MR) is 60.1 cm³/mol. The molecule has 1 N–H and O–H groups in total. The number of benzene rings is 1. The molecule has 1 unspecified atom stereocenters.